The highest BCUT2D eigenvalue weighted by atomic mass is 35.5. The third kappa shape index (κ3) is 3.59. The molecule has 0 saturated carbocycles. The maximum absolute atomic E-state index is 10.7. The summed E-state index contributed by atoms with van der Waals surface area (Å²) in [4.78, 5) is 14.4. The van der Waals surface area contributed by atoms with Crippen LogP contribution in [0.2, 0.25) is 5.02 Å². The lowest BCUT2D eigenvalue weighted by atomic mass is 10.2. The van der Waals surface area contributed by atoms with E-state index in [0.29, 0.717) is 27.8 Å². The Morgan fingerprint density at radius 1 is 1.43 bits per heavy atom. The number of halogens is 1. The van der Waals surface area contributed by atoms with Crippen LogP contribution in [0.5, 0.6) is 5.75 Å². The first-order valence-corrected chi connectivity index (χ1v) is 6.39. The van der Waals surface area contributed by atoms with E-state index in [1.807, 2.05) is 0 Å². The fourth-order valence-corrected chi connectivity index (χ4v) is 1.88. The van der Waals surface area contributed by atoms with Gasteiger partial charge in [-0.1, -0.05) is 11.6 Å². The second-order valence-electron chi connectivity index (χ2n) is 4.26. The zero-order valence-electron chi connectivity index (χ0n) is 11.2. The van der Waals surface area contributed by atoms with E-state index in [1.54, 1.807) is 25.1 Å². The quantitative estimate of drug-likeness (QED) is 0.500. The minimum atomic E-state index is -0.453. The van der Waals surface area contributed by atoms with Gasteiger partial charge in [0.2, 0.25) is 0 Å². The smallest absolute Gasteiger partial charge is 0.269 e. The molecule has 0 saturated heterocycles. The molecule has 3 N–H and O–H groups in total. The third-order valence-corrected chi connectivity index (χ3v) is 3.14. The van der Waals surface area contributed by atoms with Crippen LogP contribution >= 0.6 is 11.6 Å². The normalized spacial score (nSPS) is 10.2. The monoisotopic (exact) mass is 308 g/mol. The molecule has 0 bridgehead atoms. The molecular weight excluding hydrogens is 296 g/mol. The summed E-state index contributed by atoms with van der Waals surface area (Å²) >= 11 is 6.03. The number of nitrogen functional groups attached to an aromatic ring is 1. The molecule has 7 nitrogen and oxygen atoms in total. The van der Waals surface area contributed by atoms with Crippen LogP contribution in [0.4, 0.5) is 11.5 Å². The molecule has 8 heteroatoms. The molecule has 0 aliphatic rings. The molecule has 2 aromatic rings. The Labute approximate surface area is 125 Å². The van der Waals surface area contributed by atoms with E-state index in [4.69, 9.17) is 22.2 Å². The van der Waals surface area contributed by atoms with Gasteiger partial charge >= 0.3 is 0 Å². The summed E-state index contributed by atoms with van der Waals surface area (Å²) in [6.45, 7) is 1.86. The third-order valence-electron chi connectivity index (χ3n) is 2.80. The van der Waals surface area contributed by atoms with Gasteiger partial charge in [-0.3, -0.25) is 10.1 Å². The molecule has 1 heterocycles. The number of nitrogens with one attached hydrogen (secondary N) is 1. The molecule has 2 rings (SSSR count). The van der Waals surface area contributed by atoms with Crippen LogP contribution in [0.25, 0.3) is 0 Å². The van der Waals surface area contributed by atoms with Gasteiger partial charge in [0.25, 0.3) is 5.69 Å². The number of nitro benzene ring substituents is 1. The lowest BCUT2D eigenvalue weighted by Crippen LogP contribution is -2.10. The minimum Gasteiger partial charge on any atom is -0.487 e. The van der Waals surface area contributed by atoms with E-state index in [1.165, 1.54) is 12.1 Å². The number of hydrazine groups is 1. The zero-order chi connectivity index (χ0) is 15.4. The Morgan fingerprint density at radius 2 is 2.19 bits per heavy atom. The van der Waals surface area contributed by atoms with Crippen LogP contribution in [0, 0.1) is 17.0 Å². The number of benzene rings is 1. The lowest BCUT2D eigenvalue weighted by molar-refractivity contribution is -0.384. The van der Waals surface area contributed by atoms with Crippen LogP contribution in [0.15, 0.2) is 30.3 Å². The van der Waals surface area contributed by atoms with Gasteiger partial charge in [-0.2, -0.15) is 0 Å². The van der Waals surface area contributed by atoms with Crippen molar-refractivity contribution < 1.29 is 9.66 Å². The highest BCUT2D eigenvalue weighted by Crippen LogP contribution is 2.25. The first kappa shape index (κ1) is 15.0. The van der Waals surface area contributed by atoms with Gasteiger partial charge in [-0.25, -0.2) is 10.8 Å². The van der Waals surface area contributed by atoms with Crippen molar-refractivity contribution in [2.75, 3.05) is 5.43 Å². The fraction of sp³-hybridized carbons (Fsp3) is 0.154. The molecule has 0 spiro atoms. The first-order chi connectivity index (χ1) is 10.0. The van der Waals surface area contributed by atoms with E-state index in [9.17, 15) is 10.1 Å². The van der Waals surface area contributed by atoms with Crippen molar-refractivity contribution in [1.82, 2.24) is 4.98 Å². The van der Waals surface area contributed by atoms with E-state index in [-0.39, 0.29) is 12.3 Å². The molecular formula is C13H13ClN4O3. The molecule has 0 atom stereocenters. The van der Waals surface area contributed by atoms with Crippen molar-refractivity contribution >= 4 is 23.1 Å². The van der Waals surface area contributed by atoms with E-state index in [0.717, 1.165) is 0 Å². The molecule has 21 heavy (non-hydrogen) atoms. The summed E-state index contributed by atoms with van der Waals surface area (Å²) in [5.74, 6) is 6.29. The number of aryl methyl sites for hydroxylation is 1. The standard InChI is InChI=1S/C13H13ClN4O3/c1-8-6-9(18(19)20)2-4-12(8)21-7-11-10(14)3-5-13(16-11)17-15/h2-6H,7,15H2,1H3,(H,16,17). The van der Waals surface area contributed by atoms with Crippen molar-refractivity contribution in [2.45, 2.75) is 13.5 Å². The highest BCUT2D eigenvalue weighted by Gasteiger charge is 2.10. The average Bonchev–Trinajstić information content (AvgIpc) is 2.47. The average molecular weight is 309 g/mol. The maximum atomic E-state index is 10.7. The summed E-state index contributed by atoms with van der Waals surface area (Å²) in [6.07, 6.45) is 0. The summed E-state index contributed by atoms with van der Waals surface area (Å²) < 4.78 is 5.60. The number of anilines is 1. The van der Waals surface area contributed by atoms with Gasteiger partial charge in [-0.15, -0.1) is 0 Å². The number of rotatable bonds is 5. The molecule has 110 valence electrons. The predicted molar refractivity (Wildman–Crippen MR) is 79.2 cm³/mol. The number of nitro groups is 1. The molecule has 1 aromatic heterocycles. The zero-order valence-corrected chi connectivity index (χ0v) is 11.9. The number of nitrogens with two attached hydrogens (primary N) is 1. The highest BCUT2D eigenvalue weighted by molar-refractivity contribution is 6.31. The predicted octanol–water partition coefficient (Wildman–Crippen LogP) is 2.82. The second-order valence-corrected chi connectivity index (χ2v) is 4.67. The van der Waals surface area contributed by atoms with Gasteiger partial charge in [0, 0.05) is 12.1 Å². The van der Waals surface area contributed by atoms with Gasteiger partial charge in [0.05, 0.1) is 15.6 Å². The van der Waals surface area contributed by atoms with Crippen LogP contribution in [-0.2, 0) is 6.61 Å². The van der Waals surface area contributed by atoms with E-state index in [2.05, 4.69) is 10.4 Å². The lowest BCUT2D eigenvalue weighted by Gasteiger charge is -2.10. The Bertz CT molecular complexity index is 678. The number of pyridine rings is 1. The number of hydrogen-bond donors (Lipinski definition) is 2. The van der Waals surface area contributed by atoms with E-state index >= 15 is 0 Å². The summed E-state index contributed by atoms with van der Waals surface area (Å²) in [5.41, 5.74) is 3.62. The molecule has 0 fully saturated rings. The van der Waals surface area contributed by atoms with E-state index < -0.39 is 4.92 Å². The Balaban J connectivity index is 2.15. The summed E-state index contributed by atoms with van der Waals surface area (Å²) in [6, 6.07) is 7.68. The number of hydrogen-bond acceptors (Lipinski definition) is 6. The molecule has 1 aromatic carbocycles. The molecule has 0 unspecified atom stereocenters. The summed E-state index contributed by atoms with van der Waals surface area (Å²) in [7, 11) is 0. The first-order valence-electron chi connectivity index (χ1n) is 6.01. The molecule has 0 radical (unpaired) electrons. The molecule has 0 aliphatic heterocycles. The number of aromatic nitrogens is 1. The topological polar surface area (TPSA) is 103 Å². The number of nitrogens with zero attached hydrogens (tertiary/aromatic N) is 2. The van der Waals surface area contributed by atoms with Gasteiger partial charge in [0.15, 0.2) is 0 Å². The Morgan fingerprint density at radius 3 is 2.81 bits per heavy atom. The minimum absolute atomic E-state index is 0.0188. The number of non-ortho nitro benzene ring substituents is 1. The van der Waals surface area contributed by atoms with Crippen molar-refractivity contribution in [3.63, 3.8) is 0 Å². The van der Waals surface area contributed by atoms with Crippen LogP contribution in [0.3, 0.4) is 0 Å². The fourth-order valence-electron chi connectivity index (χ4n) is 1.72. The van der Waals surface area contributed by atoms with Gasteiger partial charge in [-0.05, 0) is 30.7 Å². The molecule has 0 amide bonds. The van der Waals surface area contributed by atoms with Crippen LogP contribution in [-0.4, -0.2) is 9.91 Å². The SMILES string of the molecule is Cc1cc([N+](=O)[O-])ccc1OCc1nc(NN)ccc1Cl. The summed E-state index contributed by atoms with van der Waals surface area (Å²) in [5, 5.41) is 11.1. The second kappa shape index (κ2) is 6.38. The number of ether oxygens (including phenoxy) is 1. The van der Waals surface area contributed by atoms with Gasteiger partial charge < -0.3 is 10.2 Å². The van der Waals surface area contributed by atoms with Crippen LogP contribution < -0.4 is 16.0 Å². The van der Waals surface area contributed by atoms with Crippen molar-refractivity contribution in [3.8, 4) is 5.75 Å². The Kier molecular flexibility index (Phi) is 4.56. The largest absolute Gasteiger partial charge is 0.487 e. The van der Waals surface area contributed by atoms with Crippen molar-refractivity contribution in [1.29, 1.82) is 0 Å². The maximum Gasteiger partial charge on any atom is 0.269 e. The molecule has 0 aliphatic carbocycles. The van der Waals surface area contributed by atoms with Crippen molar-refractivity contribution in [3.05, 3.63) is 56.7 Å². The van der Waals surface area contributed by atoms with Crippen LogP contribution in [0.1, 0.15) is 11.3 Å². The van der Waals surface area contributed by atoms with Crippen molar-refractivity contribution in [2.24, 2.45) is 5.84 Å². The Hall–Kier alpha value is -2.38. The van der Waals surface area contributed by atoms with Gasteiger partial charge in [0.1, 0.15) is 18.2 Å².